The topological polar surface area (TPSA) is 35.2 Å². The molecule has 2 nitrogen and oxygen atoms in total. The maximum atomic E-state index is 5.66. The average Bonchev–Trinajstić information content (AvgIpc) is 1.83. The summed E-state index contributed by atoms with van der Waals surface area (Å²) >= 11 is 0. The lowest BCUT2D eigenvalue weighted by atomic mass is 10.5. The van der Waals surface area contributed by atoms with E-state index in [1.807, 2.05) is 0 Å². The fourth-order valence-electron chi connectivity index (χ4n) is 0.434. The monoisotopic (exact) mass is 147 g/mol. The predicted molar refractivity (Wildman–Crippen MR) is 43.0 cm³/mol. The first-order valence-electron chi connectivity index (χ1n) is 3.54. The van der Waals surface area contributed by atoms with E-state index in [0.717, 1.165) is 6.42 Å². The fourth-order valence-corrected chi connectivity index (χ4v) is 1.30. The number of hydrogen-bond acceptors (Lipinski definition) is 2. The molecule has 0 saturated carbocycles. The van der Waals surface area contributed by atoms with Gasteiger partial charge in [0, 0.05) is 11.8 Å². The largest absolute Gasteiger partial charge is 0.420 e. The first-order valence-corrected chi connectivity index (χ1v) is 4.93. The minimum absolute atomic E-state index is 0.354. The molecule has 0 aromatic rings. The summed E-state index contributed by atoms with van der Waals surface area (Å²) in [4.78, 5) is 0. The molecule has 0 aromatic carbocycles. The van der Waals surface area contributed by atoms with Crippen LogP contribution in [0.3, 0.4) is 0 Å². The van der Waals surface area contributed by atoms with Gasteiger partial charge in [0.15, 0.2) is 9.76 Å². The average molecular weight is 147 g/mol. The van der Waals surface area contributed by atoms with E-state index in [-0.39, 0.29) is 0 Å². The van der Waals surface area contributed by atoms with E-state index in [4.69, 9.17) is 10.2 Å². The molecule has 9 heavy (non-hydrogen) atoms. The van der Waals surface area contributed by atoms with Crippen LogP contribution in [0.25, 0.3) is 0 Å². The molecule has 0 amide bonds. The van der Waals surface area contributed by atoms with E-state index in [0.29, 0.717) is 11.8 Å². The molecule has 0 heterocycles. The van der Waals surface area contributed by atoms with E-state index in [9.17, 15) is 0 Å². The quantitative estimate of drug-likeness (QED) is 0.576. The Hall–Kier alpha value is 0.137. The first-order chi connectivity index (χ1) is 4.16. The molecule has 3 heteroatoms. The third-order valence-electron chi connectivity index (χ3n) is 1.17. The molecule has 0 radical (unpaired) electrons. The van der Waals surface area contributed by atoms with Crippen LogP contribution in [0.1, 0.15) is 27.2 Å². The van der Waals surface area contributed by atoms with Gasteiger partial charge in [-0.3, -0.25) is 0 Å². The maximum absolute atomic E-state index is 5.66. The molecular formula is C6H17NOSi. The van der Waals surface area contributed by atoms with Gasteiger partial charge in [-0.05, 0) is 20.3 Å². The molecular weight excluding hydrogens is 130 g/mol. The van der Waals surface area contributed by atoms with Gasteiger partial charge >= 0.3 is 0 Å². The van der Waals surface area contributed by atoms with E-state index in [2.05, 4.69) is 20.8 Å². The highest BCUT2D eigenvalue weighted by Gasteiger charge is 2.00. The van der Waals surface area contributed by atoms with Gasteiger partial charge in [0.2, 0.25) is 0 Å². The Morgan fingerprint density at radius 3 is 2.44 bits per heavy atom. The van der Waals surface area contributed by atoms with Crippen molar-refractivity contribution in [2.24, 2.45) is 5.73 Å². The number of rotatable bonds is 4. The molecule has 0 spiro atoms. The molecule has 1 unspecified atom stereocenters. The third-order valence-corrected chi connectivity index (χ3v) is 3.03. The van der Waals surface area contributed by atoms with E-state index < -0.39 is 9.76 Å². The summed E-state index contributed by atoms with van der Waals surface area (Å²) in [5, 5.41) is 0. The van der Waals surface area contributed by atoms with Crippen LogP contribution in [0.15, 0.2) is 0 Å². The van der Waals surface area contributed by atoms with Crippen LogP contribution in [0.2, 0.25) is 0 Å². The van der Waals surface area contributed by atoms with Crippen LogP contribution in [0.5, 0.6) is 0 Å². The summed E-state index contributed by atoms with van der Waals surface area (Å²) in [7, 11) is -0.434. The zero-order chi connectivity index (χ0) is 7.28. The van der Waals surface area contributed by atoms with Crippen LogP contribution in [0.4, 0.5) is 0 Å². The molecule has 0 aliphatic carbocycles. The Bertz CT molecular complexity index is 68.1. The maximum Gasteiger partial charge on any atom is 0.178 e. The second kappa shape index (κ2) is 4.96. The lowest BCUT2D eigenvalue weighted by Crippen LogP contribution is -2.30. The molecule has 2 N–H and O–H groups in total. The predicted octanol–water partition coefficient (Wildman–Crippen LogP) is 0.190. The SMILES string of the molecule is CCC(N)[SiH2]OC(C)C. The van der Waals surface area contributed by atoms with Crippen molar-refractivity contribution >= 4 is 9.76 Å². The Labute approximate surface area is 59.7 Å². The Kier molecular flexibility index (Phi) is 5.04. The van der Waals surface area contributed by atoms with Crippen LogP contribution in [-0.4, -0.2) is 21.5 Å². The summed E-state index contributed by atoms with van der Waals surface area (Å²) in [6, 6.07) is 0. The van der Waals surface area contributed by atoms with Gasteiger partial charge in [-0.25, -0.2) is 0 Å². The zero-order valence-electron chi connectivity index (χ0n) is 6.55. The Morgan fingerprint density at radius 2 is 2.11 bits per heavy atom. The van der Waals surface area contributed by atoms with Crippen LogP contribution in [0, 0.1) is 0 Å². The van der Waals surface area contributed by atoms with Gasteiger partial charge in [-0.2, -0.15) is 0 Å². The summed E-state index contributed by atoms with van der Waals surface area (Å²) in [6.45, 7) is 6.20. The summed E-state index contributed by atoms with van der Waals surface area (Å²) in [5.41, 5.74) is 6.01. The number of hydrogen-bond donors (Lipinski definition) is 1. The van der Waals surface area contributed by atoms with Crippen LogP contribution < -0.4 is 5.73 Å². The van der Waals surface area contributed by atoms with Crippen LogP contribution >= 0.6 is 0 Å². The lowest BCUT2D eigenvalue weighted by Gasteiger charge is -2.10. The van der Waals surface area contributed by atoms with Gasteiger partial charge in [0.25, 0.3) is 0 Å². The van der Waals surface area contributed by atoms with E-state index >= 15 is 0 Å². The molecule has 0 saturated heterocycles. The standard InChI is InChI=1S/C6H17NOSi/c1-4-6(7)9-8-5(2)3/h5-6H,4,7,9H2,1-3H3. The van der Waals surface area contributed by atoms with Crippen molar-refractivity contribution in [3.05, 3.63) is 0 Å². The van der Waals surface area contributed by atoms with Gasteiger partial charge in [0.1, 0.15) is 0 Å². The van der Waals surface area contributed by atoms with Crippen molar-refractivity contribution in [3.63, 3.8) is 0 Å². The smallest absolute Gasteiger partial charge is 0.178 e. The van der Waals surface area contributed by atoms with Crippen LogP contribution in [-0.2, 0) is 4.43 Å². The molecule has 56 valence electrons. The van der Waals surface area contributed by atoms with Gasteiger partial charge < -0.3 is 10.2 Å². The fraction of sp³-hybridized carbons (Fsp3) is 1.00. The normalized spacial score (nSPS) is 15.7. The van der Waals surface area contributed by atoms with Gasteiger partial charge in [0.05, 0.1) is 0 Å². The molecule has 0 aromatic heterocycles. The molecule has 0 aliphatic rings. The minimum atomic E-state index is -0.434. The molecule has 1 atom stereocenters. The lowest BCUT2D eigenvalue weighted by molar-refractivity contribution is 0.250. The Morgan fingerprint density at radius 1 is 1.56 bits per heavy atom. The van der Waals surface area contributed by atoms with Crippen molar-refractivity contribution in [2.75, 3.05) is 0 Å². The first kappa shape index (κ1) is 9.14. The summed E-state index contributed by atoms with van der Waals surface area (Å²) in [6.07, 6.45) is 1.42. The van der Waals surface area contributed by atoms with Crippen molar-refractivity contribution in [3.8, 4) is 0 Å². The second-order valence-corrected chi connectivity index (χ2v) is 4.27. The highest BCUT2D eigenvalue weighted by atomic mass is 28.2. The molecule has 0 bridgehead atoms. The Balaban J connectivity index is 3.06. The molecule has 0 fully saturated rings. The molecule has 0 rings (SSSR count). The van der Waals surface area contributed by atoms with Crippen molar-refractivity contribution in [2.45, 2.75) is 39.0 Å². The van der Waals surface area contributed by atoms with Gasteiger partial charge in [-0.15, -0.1) is 0 Å². The molecule has 0 aliphatic heterocycles. The highest BCUT2D eigenvalue weighted by molar-refractivity contribution is 6.29. The third kappa shape index (κ3) is 6.02. The minimum Gasteiger partial charge on any atom is -0.420 e. The highest BCUT2D eigenvalue weighted by Crippen LogP contribution is 1.89. The van der Waals surface area contributed by atoms with Crippen molar-refractivity contribution < 1.29 is 4.43 Å². The van der Waals surface area contributed by atoms with Crippen molar-refractivity contribution in [1.82, 2.24) is 0 Å². The van der Waals surface area contributed by atoms with Gasteiger partial charge in [-0.1, -0.05) is 6.92 Å². The second-order valence-electron chi connectivity index (χ2n) is 2.55. The number of nitrogens with two attached hydrogens (primary N) is 1. The van der Waals surface area contributed by atoms with E-state index in [1.54, 1.807) is 0 Å². The van der Waals surface area contributed by atoms with E-state index in [1.165, 1.54) is 0 Å². The summed E-state index contributed by atoms with van der Waals surface area (Å²) < 4.78 is 5.41. The zero-order valence-corrected chi connectivity index (χ0v) is 7.97. The van der Waals surface area contributed by atoms with Crippen molar-refractivity contribution in [1.29, 1.82) is 0 Å². The summed E-state index contributed by atoms with van der Waals surface area (Å²) in [5.74, 6) is 0.